The lowest BCUT2D eigenvalue weighted by Crippen LogP contribution is -2.25. The Morgan fingerprint density at radius 1 is 1.14 bits per heavy atom. The van der Waals surface area contributed by atoms with Gasteiger partial charge >= 0.3 is 5.97 Å². The molecule has 0 radical (unpaired) electrons. The van der Waals surface area contributed by atoms with Gasteiger partial charge in [0.25, 0.3) is 0 Å². The summed E-state index contributed by atoms with van der Waals surface area (Å²) in [5, 5.41) is 16.2. The minimum Gasteiger partial charge on any atom is -0.493 e. The minimum absolute atomic E-state index is 0.296. The molecule has 2 rings (SSSR count). The maximum Gasteiger partial charge on any atom is 0.341 e. The van der Waals surface area contributed by atoms with E-state index in [1.165, 1.54) is 0 Å². The Hall–Kier alpha value is -3.33. The van der Waals surface area contributed by atoms with Crippen molar-refractivity contribution in [3.8, 4) is 17.2 Å². The average molecular weight is 403 g/mol. The number of carboxylic acid groups (broad SMARTS) is 1. The quantitative estimate of drug-likeness (QED) is 0.351. The fourth-order valence-electron chi connectivity index (χ4n) is 2.23. The second-order valence-electron chi connectivity index (χ2n) is 5.54. The minimum atomic E-state index is -1.04. The third-order valence-electron chi connectivity index (χ3n) is 3.58. The number of carboxylic acids is 1. The first-order chi connectivity index (χ1) is 13.4. The molecular formula is C19H21N3O5S. The molecule has 8 nitrogen and oxygen atoms in total. The standard InChI is InChI=1S/C19H21N3O5S/c1-12(13-5-4-6-15(9-13)27-11-18(23)24)21-22-19(28)20-14-7-8-16(25-2)17(10-14)26-3/h4-10H,11H2,1-3H3,(H,23,24)(H2,20,22,28)/b21-12-. The number of methoxy groups -OCH3 is 2. The van der Waals surface area contributed by atoms with Gasteiger partial charge in [0.15, 0.2) is 23.2 Å². The smallest absolute Gasteiger partial charge is 0.341 e. The van der Waals surface area contributed by atoms with E-state index in [1.54, 1.807) is 57.5 Å². The molecule has 2 aromatic carbocycles. The molecule has 0 amide bonds. The van der Waals surface area contributed by atoms with Gasteiger partial charge in [-0.25, -0.2) is 4.79 Å². The topological polar surface area (TPSA) is 101 Å². The highest BCUT2D eigenvalue weighted by atomic mass is 32.1. The van der Waals surface area contributed by atoms with E-state index >= 15 is 0 Å². The first-order valence-corrected chi connectivity index (χ1v) is 8.62. The summed E-state index contributed by atoms with van der Waals surface area (Å²) in [6, 6.07) is 12.3. The molecule has 0 unspecified atom stereocenters. The van der Waals surface area contributed by atoms with Crippen LogP contribution in [0.25, 0.3) is 0 Å². The number of hydrazone groups is 1. The Morgan fingerprint density at radius 2 is 1.89 bits per heavy atom. The van der Waals surface area contributed by atoms with Crippen molar-refractivity contribution in [1.82, 2.24) is 5.43 Å². The first-order valence-electron chi connectivity index (χ1n) is 8.21. The van der Waals surface area contributed by atoms with Crippen molar-refractivity contribution >= 4 is 34.7 Å². The zero-order valence-electron chi connectivity index (χ0n) is 15.7. The maximum atomic E-state index is 10.6. The van der Waals surface area contributed by atoms with Crippen molar-refractivity contribution in [2.45, 2.75) is 6.92 Å². The molecule has 0 bridgehead atoms. The molecule has 0 aromatic heterocycles. The number of anilines is 1. The lowest BCUT2D eigenvalue weighted by Gasteiger charge is -2.12. The van der Waals surface area contributed by atoms with Crippen LogP contribution in [0.15, 0.2) is 47.6 Å². The fourth-order valence-corrected chi connectivity index (χ4v) is 2.39. The van der Waals surface area contributed by atoms with Gasteiger partial charge < -0.3 is 24.6 Å². The second kappa shape index (κ2) is 10.1. The van der Waals surface area contributed by atoms with Gasteiger partial charge in [-0.3, -0.25) is 5.43 Å². The number of hydrogen-bond acceptors (Lipinski definition) is 6. The van der Waals surface area contributed by atoms with Gasteiger partial charge in [0, 0.05) is 17.3 Å². The van der Waals surface area contributed by atoms with Crippen LogP contribution in [0.4, 0.5) is 5.69 Å². The summed E-state index contributed by atoms with van der Waals surface area (Å²) < 4.78 is 15.6. The largest absolute Gasteiger partial charge is 0.493 e. The van der Waals surface area contributed by atoms with Crippen molar-refractivity contribution in [2.24, 2.45) is 5.10 Å². The van der Waals surface area contributed by atoms with Crippen LogP contribution >= 0.6 is 12.2 Å². The molecule has 9 heteroatoms. The van der Waals surface area contributed by atoms with Crippen LogP contribution in [0.1, 0.15) is 12.5 Å². The fraction of sp³-hybridized carbons (Fsp3) is 0.211. The van der Waals surface area contributed by atoms with E-state index in [0.717, 1.165) is 5.56 Å². The van der Waals surface area contributed by atoms with Crippen molar-refractivity contribution in [2.75, 3.05) is 26.1 Å². The highest BCUT2D eigenvalue weighted by molar-refractivity contribution is 7.80. The van der Waals surface area contributed by atoms with Gasteiger partial charge in [-0.05, 0) is 43.4 Å². The zero-order valence-corrected chi connectivity index (χ0v) is 16.5. The highest BCUT2D eigenvalue weighted by Gasteiger charge is 2.06. The van der Waals surface area contributed by atoms with Crippen LogP contribution in [0.5, 0.6) is 17.2 Å². The number of nitrogens with zero attached hydrogens (tertiary/aromatic N) is 1. The molecular weight excluding hydrogens is 382 g/mol. The Labute approximate surface area is 168 Å². The molecule has 0 saturated heterocycles. The Balaban J connectivity index is 2.00. The lowest BCUT2D eigenvalue weighted by molar-refractivity contribution is -0.139. The molecule has 148 valence electrons. The van der Waals surface area contributed by atoms with Crippen LogP contribution in [-0.4, -0.2) is 42.7 Å². The van der Waals surface area contributed by atoms with Gasteiger partial charge in [-0.2, -0.15) is 5.10 Å². The zero-order chi connectivity index (χ0) is 20.5. The number of rotatable bonds is 8. The monoisotopic (exact) mass is 403 g/mol. The number of nitrogens with one attached hydrogen (secondary N) is 2. The molecule has 3 N–H and O–H groups in total. The number of benzene rings is 2. The highest BCUT2D eigenvalue weighted by Crippen LogP contribution is 2.29. The molecule has 28 heavy (non-hydrogen) atoms. The number of ether oxygens (including phenoxy) is 3. The van der Waals surface area contributed by atoms with E-state index in [9.17, 15) is 4.79 Å². The van der Waals surface area contributed by atoms with Crippen LogP contribution < -0.4 is 25.0 Å². The molecule has 2 aromatic rings. The molecule has 0 aliphatic heterocycles. The summed E-state index contributed by atoms with van der Waals surface area (Å²) in [4.78, 5) is 10.6. The SMILES string of the molecule is COc1ccc(NC(=S)N/N=C(/C)c2cccc(OCC(=O)O)c2)cc1OC. The number of thiocarbonyl (C=S) groups is 1. The molecule has 0 aliphatic carbocycles. The average Bonchev–Trinajstić information content (AvgIpc) is 2.70. The summed E-state index contributed by atoms with van der Waals surface area (Å²) in [6.45, 7) is 1.39. The molecule has 0 atom stereocenters. The van der Waals surface area contributed by atoms with Crippen LogP contribution in [0.3, 0.4) is 0 Å². The molecule has 0 saturated carbocycles. The Kier molecular flexibility index (Phi) is 7.58. The van der Waals surface area contributed by atoms with E-state index in [4.69, 9.17) is 31.5 Å². The second-order valence-corrected chi connectivity index (χ2v) is 5.95. The lowest BCUT2D eigenvalue weighted by atomic mass is 10.1. The molecule has 0 fully saturated rings. The van der Waals surface area contributed by atoms with Crippen LogP contribution in [-0.2, 0) is 4.79 Å². The number of carbonyl (C=O) groups is 1. The van der Waals surface area contributed by atoms with Gasteiger partial charge in [0.1, 0.15) is 5.75 Å². The van der Waals surface area contributed by atoms with Gasteiger partial charge in [-0.15, -0.1) is 0 Å². The van der Waals surface area contributed by atoms with Crippen LogP contribution in [0, 0.1) is 0 Å². The third-order valence-corrected chi connectivity index (χ3v) is 3.77. The third kappa shape index (κ3) is 6.13. The van der Waals surface area contributed by atoms with Crippen molar-refractivity contribution < 1.29 is 24.1 Å². The first kappa shape index (κ1) is 21.0. The molecule has 0 aliphatic rings. The van der Waals surface area contributed by atoms with Crippen LogP contribution in [0.2, 0.25) is 0 Å². The predicted octanol–water partition coefficient (Wildman–Crippen LogP) is 2.88. The number of hydrogen-bond donors (Lipinski definition) is 3. The number of aliphatic carboxylic acids is 1. The van der Waals surface area contributed by atoms with E-state index in [0.29, 0.717) is 33.8 Å². The molecule has 0 spiro atoms. The summed E-state index contributed by atoms with van der Waals surface area (Å²) in [7, 11) is 3.12. The summed E-state index contributed by atoms with van der Waals surface area (Å²) in [6.07, 6.45) is 0. The molecule has 0 heterocycles. The normalized spacial score (nSPS) is 10.8. The summed E-state index contributed by atoms with van der Waals surface area (Å²) >= 11 is 5.25. The predicted molar refractivity (Wildman–Crippen MR) is 111 cm³/mol. The Morgan fingerprint density at radius 3 is 2.57 bits per heavy atom. The van der Waals surface area contributed by atoms with E-state index in [-0.39, 0.29) is 0 Å². The van der Waals surface area contributed by atoms with Gasteiger partial charge in [-0.1, -0.05) is 12.1 Å². The van der Waals surface area contributed by atoms with E-state index in [1.807, 2.05) is 6.07 Å². The Bertz CT molecular complexity index is 886. The van der Waals surface area contributed by atoms with E-state index < -0.39 is 12.6 Å². The summed E-state index contributed by atoms with van der Waals surface area (Å²) in [5.74, 6) is 0.600. The van der Waals surface area contributed by atoms with Crippen molar-refractivity contribution in [3.63, 3.8) is 0 Å². The van der Waals surface area contributed by atoms with E-state index in [2.05, 4.69) is 15.8 Å². The maximum absolute atomic E-state index is 10.6. The van der Waals surface area contributed by atoms with Gasteiger partial charge in [0.2, 0.25) is 0 Å². The van der Waals surface area contributed by atoms with Gasteiger partial charge in [0.05, 0.1) is 19.9 Å². The summed E-state index contributed by atoms with van der Waals surface area (Å²) in [5.41, 5.74) is 4.90. The van der Waals surface area contributed by atoms with Crippen molar-refractivity contribution in [3.05, 3.63) is 48.0 Å². The van der Waals surface area contributed by atoms with Crippen molar-refractivity contribution in [1.29, 1.82) is 0 Å².